The summed E-state index contributed by atoms with van der Waals surface area (Å²) in [7, 11) is 1.34. The highest BCUT2D eigenvalue weighted by molar-refractivity contribution is 9.10. The van der Waals surface area contributed by atoms with Gasteiger partial charge in [-0.2, -0.15) is 9.78 Å². The number of nitrogens with zero attached hydrogens (tertiary/aromatic N) is 3. The van der Waals surface area contributed by atoms with Gasteiger partial charge in [-0.05, 0) is 41.4 Å². The van der Waals surface area contributed by atoms with Crippen molar-refractivity contribution in [2.75, 3.05) is 7.11 Å². The van der Waals surface area contributed by atoms with Gasteiger partial charge in [-0.3, -0.25) is 0 Å². The van der Waals surface area contributed by atoms with Gasteiger partial charge in [0.25, 0.3) is 0 Å². The predicted octanol–water partition coefficient (Wildman–Crippen LogP) is 7.05. The maximum atomic E-state index is 12.3. The van der Waals surface area contributed by atoms with E-state index < -0.39 is 5.97 Å². The number of benzene rings is 1. The van der Waals surface area contributed by atoms with Crippen molar-refractivity contribution in [1.82, 2.24) is 14.8 Å². The Balaban J connectivity index is 2.18. The van der Waals surface area contributed by atoms with Crippen molar-refractivity contribution in [3.8, 4) is 16.4 Å². The minimum absolute atomic E-state index is 0.305. The summed E-state index contributed by atoms with van der Waals surface area (Å²) < 4.78 is 8.07. The molecule has 0 aliphatic carbocycles. The summed E-state index contributed by atoms with van der Waals surface area (Å²) in [6, 6.07) is 5.44. The van der Waals surface area contributed by atoms with Gasteiger partial charge in [0.2, 0.25) is 5.13 Å². The minimum Gasteiger partial charge on any atom is -0.464 e. The molecule has 3 aromatic rings. The van der Waals surface area contributed by atoms with Gasteiger partial charge >= 0.3 is 5.97 Å². The van der Waals surface area contributed by atoms with Crippen LogP contribution in [0.4, 0.5) is 0 Å². The topological polar surface area (TPSA) is 57.0 Å². The molecule has 3 rings (SSSR count). The van der Waals surface area contributed by atoms with Crippen LogP contribution < -0.4 is 0 Å². The molecule has 2 heterocycles. The third-order valence-electron chi connectivity index (χ3n) is 4.21. The molecule has 0 N–H and O–H groups in total. The zero-order chi connectivity index (χ0) is 21.3. The Bertz CT molecular complexity index is 1070. The molecule has 5 nitrogen and oxygen atoms in total. The van der Waals surface area contributed by atoms with Crippen LogP contribution in [0.15, 0.2) is 26.9 Å². The Labute approximate surface area is 195 Å². The summed E-state index contributed by atoms with van der Waals surface area (Å²) in [5.74, 6) is -0.486. The van der Waals surface area contributed by atoms with Gasteiger partial charge in [0.05, 0.1) is 37.2 Å². The fraction of sp³-hybridized carbons (Fsp3) is 0.316. The molecular formula is C19H18BrCl2N3O2S2. The third kappa shape index (κ3) is 4.66. The van der Waals surface area contributed by atoms with E-state index in [1.807, 2.05) is 13.0 Å². The van der Waals surface area contributed by atoms with E-state index >= 15 is 0 Å². The van der Waals surface area contributed by atoms with Crippen molar-refractivity contribution >= 4 is 68.2 Å². The molecule has 0 saturated heterocycles. The number of hydrogen-bond acceptors (Lipinski definition) is 6. The van der Waals surface area contributed by atoms with Crippen molar-refractivity contribution in [3.05, 3.63) is 44.1 Å². The SMILES string of the molecule is CCC(C)Sc1sc(-n2nc(C)c(Br)c2C(=O)OC)nc1-c1ccc(Cl)c(Cl)c1. The lowest BCUT2D eigenvalue weighted by Gasteiger charge is -2.08. The van der Waals surface area contributed by atoms with Crippen molar-refractivity contribution < 1.29 is 9.53 Å². The molecule has 0 spiro atoms. The van der Waals surface area contributed by atoms with Crippen LogP contribution in [0, 0.1) is 6.92 Å². The first kappa shape index (κ1) is 22.6. The molecule has 0 aliphatic heterocycles. The van der Waals surface area contributed by atoms with E-state index in [2.05, 4.69) is 34.9 Å². The van der Waals surface area contributed by atoms with Crippen LogP contribution in [0.25, 0.3) is 16.4 Å². The lowest BCUT2D eigenvalue weighted by Crippen LogP contribution is -2.10. The van der Waals surface area contributed by atoms with E-state index in [1.165, 1.54) is 23.1 Å². The highest BCUT2D eigenvalue weighted by Crippen LogP contribution is 2.42. The number of carbonyl (C=O) groups excluding carboxylic acids is 1. The molecule has 0 fully saturated rings. The third-order valence-corrected chi connectivity index (χ3v) is 8.40. The number of aryl methyl sites for hydroxylation is 1. The van der Waals surface area contributed by atoms with Crippen LogP contribution in [0.3, 0.4) is 0 Å². The Morgan fingerprint density at radius 2 is 2.10 bits per heavy atom. The Morgan fingerprint density at radius 1 is 1.38 bits per heavy atom. The number of aromatic nitrogens is 3. The smallest absolute Gasteiger partial charge is 0.358 e. The van der Waals surface area contributed by atoms with E-state index in [9.17, 15) is 4.79 Å². The van der Waals surface area contributed by atoms with Crippen molar-refractivity contribution in [2.45, 2.75) is 36.7 Å². The maximum absolute atomic E-state index is 12.3. The summed E-state index contributed by atoms with van der Waals surface area (Å²) in [4.78, 5) is 17.1. The highest BCUT2D eigenvalue weighted by Gasteiger charge is 2.26. The molecular weight excluding hydrogens is 517 g/mol. The van der Waals surface area contributed by atoms with Gasteiger partial charge in [0.1, 0.15) is 0 Å². The first-order valence-corrected chi connectivity index (χ1v) is 12.0. The van der Waals surface area contributed by atoms with E-state index in [4.69, 9.17) is 32.9 Å². The minimum atomic E-state index is -0.486. The molecule has 2 aromatic heterocycles. The summed E-state index contributed by atoms with van der Waals surface area (Å²) in [6.45, 7) is 6.12. The molecule has 0 saturated carbocycles. The molecule has 0 aliphatic rings. The first-order valence-electron chi connectivity index (χ1n) is 8.73. The number of thioether (sulfide) groups is 1. The second-order valence-corrected chi connectivity index (χ2v) is 10.5. The van der Waals surface area contributed by atoms with E-state index in [0.29, 0.717) is 36.3 Å². The van der Waals surface area contributed by atoms with Crippen LogP contribution in [-0.2, 0) is 4.74 Å². The molecule has 0 amide bonds. The van der Waals surface area contributed by atoms with Gasteiger partial charge in [0, 0.05) is 10.8 Å². The lowest BCUT2D eigenvalue weighted by atomic mass is 10.2. The van der Waals surface area contributed by atoms with Gasteiger partial charge in [-0.1, -0.05) is 54.5 Å². The number of carbonyl (C=O) groups is 1. The van der Waals surface area contributed by atoms with Gasteiger partial charge < -0.3 is 4.74 Å². The fourth-order valence-electron chi connectivity index (χ4n) is 2.48. The Morgan fingerprint density at radius 3 is 2.72 bits per heavy atom. The Hall–Kier alpha value is -1.06. The number of ether oxygens (including phenoxy) is 1. The summed E-state index contributed by atoms with van der Waals surface area (Å²) in [6.07, 6.45) is 1.01. The van der Waals surface area contributed by atoms with Crippen molar-refractivity contribution in [3.63, 3.8) is 0 Å². The quantitative estimate of drug-likeness (QED) is 0.250. The molecule has 29 heavy (non-hydrogen) atoms. The average Bonchev–Trinajstić information content (AvgIpc) is 3.24. The van der Waals surface area contributed by atoms with Crippen molar-refractivity contribution in [2.24, 2.45) is 0 Å². The molecule has 154 valence electrons. The monoisotopic (exact) mass is 533 g/mol. The molecule has 0 radical (unpaired) electrons. The predicted molar refractivity (Wildman–Crippen MR) is 124 cm³/mol. The lowest BCUT2D eigenvalue weighted by molar-refractivity contribution is 0.0589. The molecule has 1 aromatic carbocycles. The van der Waals surface area contributed by atoms with Gasteiger partial charge in [-0.15, -0.1) is 11.8 Å². The number of esters is 1. The summed E-state index contributed by atoms with van der Waals surface area (Å²) in [5.41, 5.74) is 2.62. The van der Waals surface area contributed by atoms with E-state index in [1.54, 1.807) is 23.9 Å². The largest absolute Gasteiger partial charge is 0.464 e. The zero-order valence-corrected chi connectivity index (χ0v) is 20.9. The Kier molecular flexibility index (Phi) is 7.32. The number of halogens is 3. The van der Waals surface area contributed by atoms with Crippen LogP contribution in [0.1, 0.15) is 36.5 Å². The second kappa shape index (κ2) is 9.39. The van der Waals surface area contributed by atoms with E-state index in [0.717, 1.165) is 21.9 Å². The van der Waals surface area contributed by atoms with Gasteiger partial charge in [-0.25, -0.2) is 9.78 Å². The highest BCUT2D eigenvalue weighted by atomic mass is 79.9. The normalized spacial score (nSPS) is 12.2. The second-order valence-electron chi connectivity index (χ2n) is 6.25. The van der Waals surface area contributed by atoms with Crippen LogP contribution >= 0.6 is 62.2 Å². The van der Waals surface area contributed by atoms with Crippen molar-refractivity contribution in [1.29, 1.82) is 0 Å². The van der Waals surface area contributed by atoms with Crippen LogP contribution in [0.2, 0.25) is 10.0 Å². The first-order chi connectivity index (χ1) is 13.8. The van der Waals surface area contributed by atoms with Gasteiger partial charge in [0.15, 0.2) is 5.69 Å². The molecule has 1 atom stereocenters. The van der Waals surface area contributed by atoms with Crippen LogP contribution in [0.5, 0.6) is 0 Å². The fourth-order valence-corrected chi connectivity index (χ4v) is 5.68. The maximum Gasteiger partial charge on any atom is 0.358 e. The number of thiazole rings is 1. The van der Waals surface area contributed by atoms with E-state index in [-0.39, 0.29) is 0 Å². The number of hydrogen-bond donors (Lipinski definition) is 0. The average molecular weight is 535 g/mol. The van der Waals surface area contributed by atoms with Crippen LogP contribution in [-0.4, -0.2) is 33.1 Å². The number of rotatable bonds is 6. The molecule has 0 bridgehead atoms. The number of methoxy groups -OCH3 is 1. The molecule has 1 unspecified atom stereocenters. The summed E-state index contributed by atoms with van der Waals surface area (Å²) in [5, 5.41) is 6.41. The molecule has 10 heteroatoms. The summed E-state index contributed by atoms with van der Waals surface area (Å²) >= 11 is 19.0. The standard InChI is InChI=1S/C19H18BrCl2N3O2S2/c1-5-9(2)28-18-15(11-6-7-12(21)13(22)8-11)23-19(29-18)25-16(17(26)27-4)14(20)10(3)24-25/h6-9H,5H2,1-4H3. The zero-order valence-electron chi connectivity index (χ0n) is 16.1.